The maximum Gasteiger partial charge on any atom is 0.329 e. The van der Waals surface area contributed by atoms with Crippen LogP contribution in [0.3, 0.4) is 0 Å². The maximum atomic E-state index is 13.0. The Kier molecular flexibility index (Phi) is 4.51. The SMILES string of the molecule is CC1(C(=O)O)CCCN1C(=O)COc1ccc(F)cc1Br. The van der Waals surface area contributed by atoms with Crippen LogP contribution in [0.4, 0.5) is 4.39 Å². The van der Waals surface area contributed by atoms with Crippen molar-refractivity contribution in [2.24, 2.45) is 0 Å². The Morgan fingerprint density at radius 3 is 2.86 bits per heavy atom. The lowest BCUT2D eigenvalue weighted by Gasteiger charge is -2.31. The van der Waals surface area contributed by atoms with Crippen molar-refractivity contribution in [2.45, 2.75) is 25.3 Å². The lowest BCUT2D eigenvalue weighted by atomic mass is 9.99. The molecule has 1 amide bonds. The van der Waals surface area contributed by atoms with Crippen molar-refractivity contribution in [3.63, 3.8) is 0 Å². The second kappa shape index (κ2) is 6.01. The number of carbonyl (C=O) groups is 2. The summed E-state index contributed by atoms with van der Waals surface area (Å²) in [6, 6.07) is 3.87. The number of nitrogens with zero attached hydrogens (tertiary/aromatic N) is 1. The third kappa shape index (κ3) is 3.18. The molecule has 5 nitrogen and oxygen atoms in total. The highest BCUT2D eigenvalue weighted by molar-refractivity contribution is 9.10. The number of halogens is 2. The summed E-state index contributed by atoms with van der Waals surface area (Å²) in [5.74, 6) is -1.50. The van der Waals surface area contributed by atoms with Crippen LogP contribution >= 0.6 is 15.9 Å². The Morgan fingerprint density at radius 1 is 1.52 bits per heavy atom. The van der Waals surface area contributed by atoms with Crippen molar-refractivity contribution in [3.05, 3.63) is 28.5 Å². The van der Waals surface area contributed by atoms with E-state index < -0.39 is 23.2 Å². The maximum absolute atomic E-state index is 13.0. The van der Waals surface area contributed by atoms with Crippen LogP contribution in [0.15, 0.2) is 22.7 Å². The normalized spacial score (nSPS) is 21.4. The number of carboxylic acids is 1. The summed E-state index contributed by atoms with van der Waals surface area (Å²) in [5, 5.41) is 9.27. The Morgan fingerprint density at radius 2 is 2.24 bits per heavy atom. The zero-order valence-corrected chi connectivity index (χ0v) is 13.0. The van der Waals surface area contributed by atoms with Crippen molar-refractivity contribution in [1.29, 1.82) is 0 Å². The zero-order chi connectivity index (χ0) is 15.6. The Labute approximate surface area is 129 Å². The van der Waals surface area contributed by atoms with Crippen LogP contribution in [0.5, 0.6) is 5.75 Å². The molecule has 1 fully saturated rings. The van der Waals surface area contributed by atoms with Crippen LogP contribution in [0.25, 0.3) is 0 Å². The monoisotopic (exact) mass is 359 g/mol. The molecule has 1 aliphatic rings. The number of hydrogen-bond donors (Lipinski definition) is 1. The average molecular weight is 360 g/mol. The standard InChI is InChI=1S/C14H15BrFNO4/c1-14(13(19)20)5-2-6-17(14)12(18)8-21-11-4-3-9(16)7-10(11)15/h3-4,7H,2,5-6,8H2,1H3,(H,19,20). The van der Waals surface area contributed by atoms with Gasteiger partial charge in [-0.15, -0.1) is 0 Å². The molecular formula is C14H15BrFNO4. The van der Waals surface area contributed by atoms with Gasteiger partial charge in [0.25, 0.3) is 5.91 Å². The van der Waals surface area contributed by atoms with Gasteiger partial charge < -0.3 is 14.7 Å². The van der Waals surface area contributed by atoms with E-state index in [1.54, 1.807) is 0 Å². The first kappa shape index (κ1) is 15.8. The molecule has 1 atom stereocenters. The predicted octanol–water partition coefficient (Wildman–Crippen LogP) is 2.43. The van der Waals surface area contributed by atoms with Gasteiger partial charge in [-0.3, -0.25) is 4.79 Å². The molecule has 1 aromatic carbocycles. The number of aliphatic carboxylic acids is 1. The molecule has 0 saturated carbocycles. The summed E-state index contributed by atoms with van der Waals surface area (Å²) in [4.78, 5) is 24.8. The largest absolute Gasteiger partial charge is 0.483 e. The summed E-state index contributed by atoms with van der Waals surface area (Å²) < 4.78 is 18.7. The van der Waals surface area contributed by atoms with Crippen molar-refractivity contribution >= 4 is 27.8 Å². The first-order valence-electron chi connectivity index (χ1n) is 6.46. The van der Waals surface area contributed by atoms with Crippen molar-refractivity contribution in [1.82, 2.24) is 4.90 Å². The van der Waals surface area contributed by atoms with Crippen molar-refractivity contribution in [3.8, 4) is 5.75 Å². The number of hydrogen-bond acceptors (Lipinski definition) is 3. The molecule has 0 spiro atoms. The Bertz CT molecular complexity index is 580. The van der Waals surface area contributed by atoms with Gasteiger partial charge in [0.15, 0.2) is 6.61 Å². The number of benzene rings is 1. The topological polar surface area (TPSA) is 66.8 Å². The number of rotatable bonds is 4. The molecule has 0 aliphatic carbocycles. The lowest BCUT2D eigenvalue weighted by molar-refractivity contribution is -0.156. The molecule has 0 bridgehead atoms. The quantitative estimate of drug-likeness (QED) is 0.896. The van der Waals surface area contributed by atoms with Gasteiger partial charge in [0.2, 0.25) is 0 Å². The highest BCUT2D eigenvalue weighted by Gasteiger charge is 2.45. The minimum atomic E-state index is -1.18. The molecule has 2 rings (SSSR count). The third-order valence-electron chi connectivity index (χ3n) is 3.65. The van der Waals surface area contributed by atoms with Gasteiger partial charge in [0.1, 0.15) is 17.1 Å². The third-order valence-corrected chi connectivity index (χ3v) is 4.27. The average Bonchev–Trinajstić information content (AvgIpc) is 2.81. The Hall–Kier alpha value is -1.63. The van der Waals surface area contributed by atoms with E-state index in [9.17, 15) is 19.1 Å². The van der Waals surface area contributed by atoms with Gasteiger partial charge >= 0.3 is 5.97 Å². The smallest absolute Gasteiger partial charge is 0.329 e. The van der Waals surface area contributed by atoms with Crippen LogP contribution in [0.1, 0.15) is 19.8 Å². The minimum Gasteiger partial charge on any atom is -0.483 e. The van der Waals surface area contributed by atoms with Gasteiger partial charge in [0, 0.05) is 6.54 Å². The lowest BCUT2D eigenvalue weighted by Crippen LogP contribution is -2.52. The fraction of sp³-hybridized carbons (Fsp3) is 0.429. The number of carbonyl (C=O) groups excluding carboxylic acids is 1. The number of amides is 1. The fourth-order valence-corrected chi connectivity index (χ4v) is 2.86. The molecule has 0 aromatic heterocycles. The summed E-state index contributed by atoms with van der Waals surface area (Å²) in [5.41, 5.74) is -1.18. The van der Waals surface area contributed by atoms with Gasteiger partial charge in [-0.1, -0.05) is 0 Å². The van der Waals surface area contributed by atoms with Gasteiger partial charge in [-0.25, -0.2) is 9.18 Å². The molecule has 7 heteroatoms. The van der Waals surface area contributed by atoms with Gasteiger partial charge in [-0.2, -0.15) is 0 Å². The second-order valence-corrected chi connectivity index (χ2v) is 5.95. The van der Waals surface area contributed by atoms with E-state index in [1.165, 1.54) is 30.0 Å². The van der Waals surface area contributed by atoms with Crippen LogP contribution in [0, 0.1) is 5.82 Å². The first-order valence-corrected chi connectivity index (χ1v) is 7.25. The minimum absolute atomic E-state index is 0.285. The molecule has 114 valence electrons. The Balaban J connectivity index is 2.03. The van der Waals surface area contributed by atoms with E-state index in [0.717, 1.165) is 0 Å². The van der Waals surface area contributed by atoms with E-state index in [0.29, 0.717) is 29.6 Å². The summed E-state index contributed by atoms with van der Waals surface area (Å²) >= 11 is 3.14. The van der Waals surface area contributed by atoms with E-state index in [1.807, 2.05) is 0 Å². The van der Waals surface area contributed by atoms with Crippen molar-refractivity contribution < 1.29 is 23.8 Å². The molecule has 1 heterocycles. The predicted molar refractivity (Wildman–Crippen MR) is 76.6 cm³/mol. The summed E-state index contributed by atoms with van der Waals surface area (Å²) in [7, 11) is 0. The molecule has 1 aliphatic heterocycles. The number of carboxylic acid groups (broad SMARTS) is 1. The van der Waals surface area contributed by atoms with Crippen LogP contribution < -0.4 is 4.74 Å². The van der Waals surface area contributed by atoms with Crippen LogP contribution in [0.2, 0.25) is 0 Å². The summed E-state index contributed by atoms with van der Waals surface area (Å²) in [6.07, 6.45) is 1.07. The highest BCUT2D eigenvalue weighted by atomic mass is 79.9. The molecule has 0 radical (unpaired) electrons. The van der Waals surface area contributed by atoms with Crippen molar-refractivity contribution in [2.75, 3.05) is 13.2 Å². The first-order chi connectivity index (χ1) is 9.84. The molecule has 1 saturated heterocycles. The number of ether oxygens (including phenoxy) is 1. The van der Waals surface area contributed by atoms with E-state index in [4.69, 9.17) is 4.74 Å². The van der Waals surface area contributed by atoms with Gasteiger partial charge in [0.05, 0.1) is 4.47 Å². The van der Waals surface area contributed by atoms with E-state index >= 15 is 0 Å². The molecular weight excluding hydrogens is 345 g/mol. The zero-order valence-electron chi connectivity index (χ0n) is 11.4. The molecule has 1 unspecified atom stereocenters. The fourth-order valence-electron chi connectivity index (χ4n) is 2.40. The highest BCUT2D eigenvalue weighted by Crippen LogP contribution is 2.30. The number of likely N-dealkylation sites (tertiary alicyclic amines) is 1. The summed E-state index contributed by atoms with van der Waals surface area (Å²) in [6.45, 7) is 1.65. The second-order valence-electron chi connectivity index (χ2n) is 5.09. The van der Waals surface area contributed by atoms with E-state index in [-0.39, 0.29) is 6.61 Å². The molecule has 1 N–H and O–H groups in total. The van der Waals surface area contributed by atoms with Crippen LogP contribution in [-0.4, -0.2) is 40.6 Å². The van der Waals surface area contributed by atoms with Gasteiger partial charge in [-0.05, 0) is 53.9 Å². The van der Waals surface area contributed by atoms with E-state index in [2.05, 4.69) is 15.9 Å². The van der Waals surface area contributed by atoms with Crippen LogP contribution in [-0.2, 0) is 9.59 Å². The molecule has 21 heavy (non-hydrogen) atoms. The molecule has 1 aromatic rings.